The largest absolute Gasteiger partial charge is 0.381 e. The minimum absolute atomic E-state index is 0.0391. The Morgan fingerprint density at radius 2 is 1.84 bits per heavy atom. The Hall–Kier alpha value is -2.55. The minimum atomic E-state index is -3.72. The van der Waals surface area contributed by atoms with Crippen molar-refractivity contribution < 1.29 is 22.1 Å². The van der Waals surface area contributed by atoms with E-state index in [1.807, 2.05) is 0 Å². The van der Waals surface area contributed by atoms with Crippen LogP contribution in [0.2, 0.25) is 0 Å². The van der Waals surface area contributed by atoms with Crippen LogP contribution in [0.5, 0.6) is 0 Å². The van der Waals surface area contributed by atoms with Crippen molar-refractivity contribution in [2.45, 2.75) is 23.3 Å². The molecule has 1 aliphatic carbocycles. The van der Waals surface area contributed by atoms with Gasteiger partial charge in [-0.3, -0.25) is 10.1 Å². The van der Waals surface area contributed by atoms with Crippen LogP contribution >= 0.6 is 0 Å². The third-order valence-electron chi connectivity index (χ3n) is 4.08. The molecule has 2 atom stereocenters. The third-order valence-corrected chi connectivity index (χ3v) is 5.21. The lowest BCUT2D eigenvalue weighted by molar-refractivity contribution is -0.385. The van der Waals surface area contributed by atoms with E-state index in [0.29, 0.717) is 6.42 Å². The molecule has 0 amide bonds. The smallest absolute Gasteiger partial charge is 0.270 e. The van der Waals surface area contributed by atoms with Gasteiger partial charge in [0, 0.05) is 35.9 Å². The summed E-state index contributed by atoms with van der Waals surface area (Å²) in [4.78, 5) is 9.94. The van der Waals surface area contributed by atoms with E-state index >= 15 is 0 Å². The van der Waals surface area contributed by atoms with E-state index in [1.54, 1.807) is 0 Å². The van der Waals surface area contributed by atoms with Crippen molar-refractivity contribution in [3.63, 3.8) is 0 Å². The van der Waals surface area contributed by atoms with Crippen molar-refractivity contribution in [1.82, 2.24) is 0 Å². The Kier molecular flexibility index (Phi) is 4.19. The highest BCUT2D eigenvalue weighted by molar-refractivity contribution is 7.90. The normalized spacial score (nSPS) is 19.5. The second-order valence-electron chi connectivity index (χ2n) is 5.94. The van der Waals surface area contributed by atoms with Crippen molar-refractivity contribution >= 4 is 21.2 Å². The number of sulfone groups is 1. The van der Waals surface area contributed by atoms with Crippen LogP contribution in [0.4, 0.5) is 20.2 Å². The zero-order valence-electron chi connectivity index (χ0n) is 13.1. The van der Waals surface area contributed by atoms with E-state index in [1.165, 1.54) is 30.3 Å². The Bertz CT molecular complexity index is 942. The number of rotatable bonds is 5. The highest BCUT2D eigenvalue weighted by atomic mass is 32.2. The van der Waals surface area contributed by atoms with Gasteiger partial charge in [-0.15, -0.1) is 0 Å². The highest BCUT2D eigenvalue weighted by Crippen LogP contribution is 2.45. The lowest BCUT2D eigenvalue weighted by Crippen LogP contribution is -2.10. The molecule has 0 aliphatic heterocycles. The van der Waals surface area contributed by atoms with Crippen LogP contribution in [0.15, 0.2) is 41.3 Å². The molecule has 0 heterocycles. The second-order valence-corrected chi connectivity index (χ2v) is 7.92. The number of nitro benzene ring substituents is 1. The Morgan fingerprint density at radius 1 is 1.20 bits per heavy atom. The van der Waals surface area contributed by atoms with E-state index in [4.69, 9.17) is 0 Å². The average Bonchev–Trinajstić information content (AvgIpc) is 3.25. The maximum Gasteiger partial charge on any atom is 0.270 e. The van der Waals surface area contributed by atoms with Crippen molar-refractivity contribution in [3.05, 3.63) is 63.7 Å². The van der Waals surface area contributed by atoms with E-state index < -0.39 is 32.3 Å². The van der Waals surface area contributed by atoms with Crippen LogP contribution in [0.3, 0.4) is 0 Å². The summed E-state index contributed by atoms with van der Waals surface area (Å²) in [6.45, 7) is 0. The lowest BCUT2D eigenvalue weighted by Gasteiger charge is -2.11. The van der Waals surface area contributed by atoms with Gasteiger partial charge in [-0.1, -0.05) is 6.07 Å². The number of nitrogens with zero attached hydrogens (tertiary/aromatic N) is 1. The minimum Gasteiger partial charge on any atom is -0.381 e. The van der Waals surface area contributed by atoms with Gasteiger partial charge in [-0.2, -0.15) is 0 Å². The predicted octanol–water partition coefficient (Wildman–Crippen LogP) is 3.24. The first-order chi connectivity index (χ1) is 11.7. The van der Waals surface area contributed by atoms with Crippen LogP contribution in [-0.4, -0.2) is 25.6 Å². The van der Waals surface area contributed by atoms with Gasteiger partial charge in [0.2, 0.25) is 0 Å². The van der Waals surface area contributed by atoms with Gasteiger partial charge >= 0.3 is 0 Å². The molecule has 2 unspecified atom stereocenters. The van der Waals surface area contributed by atoms with Crippen LogP contribution in [0, 0.1) is 21.7 Å². The van der Waals surface area contributed by atoms with Gasteiger partial charge in [0.25, 0.3) is 5.69 Å². The maximum atomic E-state index is 13.8. The molecule has 25 heavy (non-hydrogen) atoms. The molecule has 0 aromatic heterocycles. The molecule has 2 aromatic carbocycles. The van der Waals surface area contributed by atoms with Crippen LogP contribution in [0.25, 0.3) is 0 Å². The van der Waals surface area contributed by atoms with Gasteiger partial charge in [0.1, 0.15) is 11.6 Å². The molecular formula is C16H14F2N2O4S. The van der Waals surface area contributed by atoms with E-state index in [0.717, 1.165) is 12.3 Å². The summed E-state index contributed by atoms with van der Waals surface area (Å²) in [6, 6.07) is 6.70. The van der Waals surface area contributed by atoms with Gasteiger partial charge in [-0.25, -0.2) is 17.2 Å². The SMILES string of the molecule is CS(=O)(=O)c1cc([N+](=O)[O-])ccc1NC1CC1c1c(F)cccc1F. The molecule has 0 saturated heterocycles. The summed E-state index contributed by atoms with van der Waals surface area (Å²) in [6.07, 6.45) is 1.37. The standard InChI is InChI=1S/C16H14F2N2O4S/c1-25(23,24)15-7-9(20(21)22)5-6-13(15)19-14-8-10(14)16-11(17)3-2-4-12(16)18/h2-7,10,14,19H,8H2,1H3. The molecule has 1 N–H and O–H groups in total. The number of halogens is 2. The monoisotopic (exact) mass is 368 g/mol. The van der Waals surface area contributed by atoms with Crippen molar-refractivity contribution in [3.8, 4) is 0 Å². The molecule has 132 valence electrons. The molecule has 1 fully saturated rings. The third kappa shape index (κ3) is 3.46. The number of hydrogen-bond acceptors (Lipinski definition) is 5. The van der Waals surface area contributed by atoms with Crippen molar-refractivity contribution in [2.75, 3.05) is 11.6 Å². The molecule has 1 aliphatic rings. The van der Waals surface area contributed by atoms with Gasteiger partial charge in [-0.05, 0) is 24.6 Å². The molecule has 3 rings (SSSR count). The fourth-order valence-electron chi connectivity index (χ4n) is 2.79. The number of nitro groups is 1. The fraction of sp³-hybridized carbons (Fsp3) is 0.250. The summed E-state index contributed by atoms with van der Waals surface area (Å²) in [7, 11) is -3.72. The summed E-state index contributed by atoms with van der Waals surface area (Å²) in [5, 5.41) is 13.8. The second kappa shape index (κ2) is 6.07. The lowest BCUT2D eigenvalue weighted by atomic mass is 10.1. The maximum absolute atomic E-state index is 13.8. The summed E-state index contributed by atoms with van der Waals surface area (Å²) < 4.78 is 51.5. The molecule has 6 nitrogen and oxygen atoms in total. The molecule has 1 saturated carbocycles. The molecule has 9 heteroatoms. The van der Waals surface area contributed by atoms with Crippen LogP contribution < -0.4 is 5.32 Å². The van der Waals surface area contributed by atoms with E-state index in [9.17, 15) is 27.3 Å². The number of anilines is 1. The zero-order valence-corrected chi connectivity index (χ0v) is 13.9. The molecule has 0 radical (unpaired) electrons. The van der Waals surface area contributed by atoms with Crippen molar-refractivity contribution in [1.29, 1.82) is 0 Å². The number of hydrogen-bond donors (Lipinski definition) is 1. The van der Waals surface area contributed by atoms with E-state index in [-0.39, 0.29) is 27.9 Å². The Morgan fingerprint density at radius 3 is 2.40 bits per heavy atom. The molecule has 0 spiro atoms. The fourth-order valence-corrected chi connectivity index (χ4v) is 3.65. The average molecular weight is 368 g/mol. The van der Waals surface area contributed by atoms with E-state index in [2.05, 4.69) is 5.32 Å². The van der Waals surface area contributed by atoms with Crippen LogP contribution in [-0.2, 0) is 9.84 Å². The van der Waals surface area contributed by atoms with Crippen molar-refractivity contribution in [2.24, 2.45) is 0 Å². The number of non-ortho nitro benzene ring substituents is 1. The first-order valence-electron chi connectivity index (χ1n) is 7.37. The zero-order chi connectivity index (χ0) is 18.4. The van der Waals surface area contributed by atoms with Gasteiger partial charge in [0.05, 0.1) is 15.5 Å². The summed E-state index contributed by atoms with van der Waals surface area (Å²) in [5.41, 5.74) is -0.210. The molecule has 2 aromatic rings. The highest BCUT2D eigenvalue weighted by Gasteiger charge is 2.42. The quantitative estimate of drug-likeness (QED) is 0.646. The Balaban J connectivity index is 1.89. The first-order valence-corrected chi connectivity index (χ1v) is 9.26. The Labute approximate surface area is 142 Å². The molecule has 0 bridgehead atoms. The van der Waals surface area contributed by atoms with Gasteiger partial charge < -0.3 is 5.32 Å². The molecular weight excluding hydrogens is 354 g/mol. The topological polar surface area (TPSA) is 89.3 Å². The van der Waals surface area contributed by atoms with Gasteiger partial charge in [0.15, 0.2) is 9.84 Å². The number of benzene rings is 2. The number of nitrogens with one attached hydrogen (secondary N) is 1. The van der Waals surface area contributed by atoms with Crippen LogP contribution in [0.1, 0.15) is 17.9 Å². The summed E-state index contributed by atoms with van der Waals surface area (Å²) >= 11 is 0. The predicted molar refractivity (Wildman–Crippen MR) is 87.3 cm³/mol. The first kappa shape index (κ1) is 17.3. The summed E-state index contributed by atoms with van der Waals surface area (Å²) in [5.74, 6) is -1.73.